The summed E-state index contributed by atoms with van der Waals surface area (Å²) in [6, 6.07) is 42.7. The molecule has 0 saturated carbocycles. The van der Waals surface area contributed by atoms with E-state index < -0.39 is 18.4 Å². The Balaban J connectivity index is 0.984. The zero-order valence-electron chi connectivity index (χ0n) is 34.4. The summed E-state index contributed by atoms with van der Waals surface area (Å²) in [7, 11) is 0. The zero-order valence-corrected chi connectivity index (χ0v) is 34.4. The van der Waals surface area contributed by atoms with Crippen molar-refractivity contribution in [3.8, 4) is 0 Å². The van der Waals surface area contributed by atoms with E-state index in [1.165, 1.54) is 28.6 Å². The number of nitrogens with zero attached hydrogens (tertiary/aromatic N) is 6. The van der Waals surface area contributed by atoms with Crippen LogP contribution in [-0.2, 0) is 30.9 Å². The van der Waals surface area contributed by atoms with Gasteiger partial charge in [-0.2, -0.15) is 4.98 Å². The number of H-pyrrole nitrogens is 1. The van der Waals surface area contributed by atoms with Crippen LogP contribution in [0.5, 0.6) is 0 Å². The number of imidazole rings is 1. The van der Waals surface area contributed by atoms with Crippen molar-refractivity contribution in [1.82, 2.24) is 39.5 Å². The van der Waals surface area contributed by atoms with E-state index in [2.05, 4.69) is 162 Å². The molecule has 0 amide bonds. The predicted octanol–water partition coefficient (Wildman–Crippen LogP) is 4.86. The van der Waals surface area contributed by atoms with Crippen molar-refractivity contribution in [3.05, 3.63) is 160 Å². The molecule has 0 aliphatic carbocycles. The molecule has 7 rings (SSSR count). The van der Waals surface area contributed by atoms with E-state index in [0.717, 1.165) is 78.4 Å². The van der Waals surface area contributed by atoms with Gasteiger partial charge < -0.3 is 25.6 Å². The van der Waals surface area contributed by atoms with Gasteiger partial charge in [-0.05, 0) is 28.7 Å². The smallest absolute Gasteiger partial charge is 0.280 e. The lowest BCUT2D eigenvalue weighted by Gasteiger charge is -2.30. The molecule has 2 aromatic heterocycles. The van der Waals surface area contributed by atoms with Gasteiger partial charge >= 0.3 is 0 Å². The molecule has 13 heteroatoms. The number of ether oxygens (including phenoxy) is 1. The molecule has 1 aliphatic heterocycles. The molecule has 0 bridgehead atoms. The Hall–Kier alpha value is -5.25. The second-order valence-corrected chi connectivity index (χ2v) is 15.6. The second kappa shape index (κ2) is 22.4. The van der Waals surface area contributed by atoms with Crippen molar-refractivity contribution in [1.29, 1.82) is 0 Å². The summed E-state index contributed by atoms with van der Waals surface area (Å²) >= 11 is 0. The minimum Gasteiger partial charge on any atom is -0.394 e. The Morgan fingerprint density at radius 1 is 0.700 bits per heavy atom. The molecule has 0 radical (unpaired) electrons. The maximum absolute atomic E-state index is 13.0. The van der Waals surface area contributed by atoms with E-state index in [1.807, 2.05) is 0 Å². The molecule has 6 aromatic rings. The van der Waals surface area contributed by atoms with Gasteiger partial charge in [0, 0.05) is 85.0 Å². The molecule has 316 valence electrons. The normalized spacial score (nSPS) is 16.7. The summed E-state index contributed by atoms with van der Waals surface area (Å²) in [6.45, 7) is 10.1. The largest absolute Gasteiger partial charge is 0.394 e. The second-order valence-electron chi connectivity index (χ2n) is 15.6. The van der Waals surface area contributed by atoms with Gasteiger partial charge in [-0.3, -0.25) is 29.0 Å². The SMILES string of the molecule is O=c1[nH]c(NCCCN(CCN(CCN(CCNCc2ccccc2)Cc2ccccc2)Cc2ccccc2)Cc2ccccc2)nc2c1ncn2[C@H]1C[C@H](O)[C@@H](CO)O1. The lowest BCUT2D eigenvalue weighted by Crippen LogP contribution is -2.41. The first-order chi connectivity index (χ1) is 29.5. The average Bonchev–Trinajstić information content (AvgIpc) is 3.89. The van der Waals surface area contributed by atoms with Gasteiger partial charge in [-0.25, -0.2) is 4.98 Å². The summed E-state index contributed by atoms with van der Waals surface area (Å²) in [5, 5.41) is 26.8. The lowest BCUT2D eigenvalue weighted by atomic mass is 10.2. The van der Waals surface area contributed by atoms with Crippen LogP contribution in [0.25, 0.3) is 11.2 Å². The van der Waals surface area contributed by atoms with E-state index in [4.69, 9.17) is 4.74 Å². The number of aromatic nitrogens is 4. The number of benzene rings is 4. The van der Waals surface area contributed by atoms with E-state index >= 15 is 0 Å². The summed E-state index contributed by atoms with van der Waals surface area (Å²) in [5.74, 6) is 0.352. The fourth-order valence-electron chi connectivity index (χ4n) is 7.75. The van der Waals surface area contributed by atoms with Gasteiger partial charge in [0.25, 0.3) is 5.56 Å². The van der Waals surface area contributed by atoms with Crippen LogP contribution in [0.1, 0.15) is 41.3 Å². The highest BCUT2D eigenvalue weighted by Crippen LogP contribution is 2.30. The average molecular weight is 814 g/mol. The van der Waals surface area contributed by atoms with Crippen molar-refractivity contribution in [3.63, 3.8) is 0 Å². The maximum Gasteiger partial charge on any atom is 0.280 e. The monoisotopic (exact) mass is 813 g/mol. The van der Waals surface area contributed by atoms with E-state index in [-0.39, 0.29) is 24.1 Å². The number of hydrogen-bond donors (Lipinski definition) is 5. The first-order valence-corrected chi connectivity index (χ1v) is 21.2. The van der Waals surface area contributed by atoms with Crippen molar-refractivity contribution in [2.45, 2.75) is 57.5 Å². The number of fused-ring (bicyclic) bond motifs is 1. The van der Waals surface area contributed by atoms with Crippen LogP contribution in [0.2, 0.25) is 0 Å². The van der Waals surface area contributed by atoms with Crippen molar-refractivity contribution in [2.75, 3.05) is 64.3 Å². The molecule has 60 heavy (non-hydrogen) atoms. The molecule has 4 aromatic carbocycles. The summed E-state index contributed by atoms with van der Waals surface area (Å²) in [4.78, 5) is 32.4. The molecule has 1 aliphatic rings. The Morgan fingerprint density at radius 2 is 1.22 bits per heavy atom. The number of rotatable bonds is 24. The topological polar surface area (TPSA) is 147 Å². The van der Waals surface area contributed by atoms with Gasteiger partial charge in [-0.15, -0.1) is 0 Å². The summed E-state index contributed by atoms with van der Waals surface area (Å²) in [6.07, 6.45) is 0.515. The quantitative estimate of drug-likeness (QED) is 0.0535. The fourth-order valence-corrected chi connectivity index (χ4v) is 7.75. The van der Waals surface area contributed by atoms with Gasteiger partial charge in [0.15, 0.2) is 11.2 Å². The van der Waals surface area contributed by atoms with Crippen LogP contribution in [0, 0.1) is 0 Å². The number of nitrogens with one attached hydrogen (secondary N) is 3. The third-order valence-electron chi connectivity index (χ3n) is 11.1. The van der Waals surface area contributed by atoms with Crippen LogP contribution in [0.4, 0.5) is 5.95 Å². The molecular formula is C47H59N9O4. The first kappa shape index (κ1) is 42.9. The van der Waals surface area contributed by atoms with Crippen LogP contribution >= 0.6 is 0 Å². The third kappa shape index (κ3) is 12.6. The molecular weight excluding hydrogens is 755 g/mol. The van der Waals surface area contributed by atoms with Gasteiger partial charge in [-0.1, -0.05) is 121 Å². The van der Waals surface area contributed by atoms with E-state index in [0.29, 0.717) is 18.1 Å². The highest BCUT2D eigenvalue weighted by atomic mass is 16.5. The van der Waals surface area contributed by atoms with E-state index in [9.17, 15) is 15.0 Å². The number of anilines is 1. The predicted molar refractivity (Wildman–Crippen MR) is 236 cm³/mol. The minimum atomic E-state index is -0.812. The number of aliphatic hydroxyl groups is 2. The van der Waals surface area contributed by atoms with Gasteiger partial charge in [0.05, 0.1) is 19.0 Å². The lowest BCUT2D eigenvalue weighted by molar-refractivity contribution is -0.0432. The van der Waals surface area contributed by atoms with Crippen LogP contribution in [-0.4, -0.2) is 116 Å². The molecule has 0 unspecified atom stereocenters. The number of hydrogen-bond acceptors (Lipinski definition) is 11. The molecule has 13 nitrogen and oxygen atoms in total. The number of aliphatic hydroxyl groups excluding tert-OH is 2. The van der Waals surface area contributed by atoms with Gasteiger partial charge in [0.1, 0.15) is 12.3 Å². The highest BCUT2D eigenvalue weighted by Gasteiger charge is 2.35. The molecule has 1 fully saturated rings. The molecule has 5 N–H and O–H groups in total. The maximum atomic E-state index is 13.0. The minimum absolute atomic E-state index is 0.197. The number of aromatic amines is 1. The van der Waals surface area contributed by atoms with Crippen LogP contribution in [0.15, 0.2) is 132 Å². The van der Waals surface area contributed by atoms with E-state index in [1.54, 1.807) is 4.57 Å². The van der Waals surface area contributed by atoms with Crippen molar-refractivity contribution >= 4 is 17.1 Å². The van der Waals surface area contributed by atoms with Crippen molar-refractivity contribution in [2.24, 2.45) is 0 Å². The Kier molecular flexibility index (Phi) is 16.0. The fraction of sp³-hybridized carbons (Fsp3) is 0.383. The van der Waals surface area contributed by atoms with Crippen LogP contribution < -0.4 is 16.2 Å². The molecule has 3 heterocycles. The molecule has 0 spiro atoms. The highest BCUT2D eigenvalue weighted by molar-refractivity contribution is 5.70. The summed E-state index contributed by atoms with van der Waals surface area (Å²) in [5.41, 5.74) is 5.40. The van der Waals surface area contributed by atoms with Crippen LogP contribution in [0.3, 0.4) is 0 Å². The molecule has 1 saturated heterocycles. The third-order valence-corrected chi connectivity index (χ3v) is 11.1. The first-order valence-electron chi connectivity index (χ1n) is 21.2. The Morgan fingerprint density at radius 3 is 1.75 bits per heavy atom. The van der Waals surface area contributed by atoms with Gasteiger partial charge in [0.2, 0.25) is 5.95 Å². The Labute approximate surface area is 352 Å². The van der Waals surface area contributed by atoms with Crippen molar-refractivity contribution < 1.29 is 14.9 Å². The zero-order chi connectivity index (χ0) is 41.4. The standard InChI is InChI=1S/C47H59N9O4/c57-35-42-41(58)30-43(60-42)56-36-50-44-45(56)51-47(52-46(44)59)49-22-13-24-53(32-38-16-7-2-8-17-38)26-28-55(34-40-20-11-4-12-21-40)29-27-54(33-39-18-9-3-10-19-39)25-23-48-31-37-14-5-1-6-15-37/h1-12,14-21,36,41-43,48,57-58H,13,22-35H2,(H2,49,51,52,59)/t41-,42+,43+/m0/s1. The molecule has 3 atom stereocenters. The summed E-state index contributed by atoms with van der Waals surface area (Å²) < 4.78 is 7.48. The Bertz CT molecular complexity index is 2190.